The highest BCUT2D eigenvalue weighted by Crippen LogP contribution is 2.30. The molecular weight excluding hydrogens is 323 g/mol. The Balaban J connectivity index is 1.69. The first-order valence-electron chi connectivity index (χ1n) is 7.23. The minimum atomic E-state index is 0.581. The summed E-state index contributed by atoms with van der Waals surface area (Å²) in [4.78, 5) is 9.70. The molecule has 0 spiro atoms. The second-order valence-electron chi connectivity index (χ2n) is 5.21. The van der Waals surface area contributed by atoms with E-state index in [0.717, 1.165) is 36.0 Å². The van der Waals surface area contributed by atoms with Gasteiger partial charge in [0.05, 0.1) is 18.2 Å². The highest BCUT2D eigenvalue weighted by molar-refractivity contribution is 6.38. The molecule has 22 heavy (non-hydrogen) atoms. The summed E-state index contributed by atoms with van der Waals surface area (Å²) in [6.45, 7) is 3.62. The van der Waals surface area contributed by atoms with Crippen LogP contribution in [-0.2, 0) is 11.2 Å². The van der Waals surface area contributed by atoms with Gasteiger partial charge in [0, 0.05) is 41.8 Å². The Labute approximate surface area is 139 Å². The van der Waals surface area contributed by atoms with Crippen LogP contribution in [-0.4, -0.2) is 48.7 Å². The lowest BCUT2D eigenvalue weighted by Crippen LogP contribution is -2.44. The number of hydrogen-bond donors (Lipinski definition) is 2. The Hall–Kier alpha value is -1.43. The summed E-state index contributed by atoms with van der Waals surface area (Å²) in [5, 5.41) is 2.29. The molecule has 0 saturated carbocycles. The summed E-state index contributed by atoms with van der Waals surface area (Å²) in [6, 6.07) is 3.63. The predicted octanol–water partition coefficient (Wildman–Crippen LogP) is 2.66. The van der Waals surface area contributed by atoms with E-state index in [4.69, 9.17) is 33.7 Å². The van der Waals surface area contributed by atoms with Crippen LogP contribution < -0.4 is 5.73 Å². The lowest BCUT2D eigenvalue weighted by Gasteiger charge is -2.27. The van der Waals surface area contributed by atoms with Gasteiger partial charge in [0.25, 0.3) is 0 Å². The third-order valence-electron chi connectivity index (χ3n) is 3.77. The largest absolute Gasteiger partial charge is 0.378 e. The molecule has 2 aromatic rings. The van der Waals surface area contributed by atoms with Crippen LogP contribution in [0, 0.1) is 0 Å². The number of halogens is 2. The standard InChI is InChI=1S/C15H18Cl2N4O/c16-11-7-12(17)14-10(9-20-13(14)8-11)1-2-19-15(18)21-3-5-22-6-4-21/h7-9,20H,1-6H2,(H2,18,19). The number of nitrogens with two attached hydrogens (primary N) is 1. The van der Waals surface area contributed by atoms with Crippen molar-refractivity contribution in [3.8, 4) is 0 Å². The van der Waals surface area contributed by atoms with E-state index < -0.39 is 0 Å². The van der Waals surface area contributed by atoms with Crippen molar-refractivity contribution in [1.29, 1.82) is 0 Å². The maximum absolute atomic E-state index is 6.28. The number of aliphatic imine (C=N–C) groups is 1. The molecule has 7 heteroatoms. The highest BCUT2D eigenvalue weighted by atomic mass is 35.5. The molecular formula is C15H18Cl2N4O. The van der Waals surface area contributed by atoms with E-state index >= 15 is 0 Å². The van der Waals surface area contributed by atoms with Gasteiger partial charge in [-0.25, -0.2) is 0 Å². The van der Waals surface area contributed by atoms with Crippen molar-refractivity contribution in [2.45, 2.75) is 6.42 Å². The van der Waals surface area contributed by atoms with E-state index in [1.54, 1.807) is 6.07 Å². The zero-order valence-corrected chi connectivity index (χ0v) is 13.6. The van der Waals surface area contributed by atoms with Crippen LogP contribution in [0.15, 0.2) is 23.3 Å². The minimum Gasteiger partial charge on any atom is -0.378 e. The molecule has 118 valence electrons. The van der Waals surface area contributed by atoms with Gasteiger partial charge >= 0.3 is 0 Å². The van der Waals surface area contributed by atoms with Crippen molar-refractivity contribution >= 4 is 40.1 Å². The van der Waals surface area contributed by atoms with Crippen LogP contribution in [0.25, 0.3) is 10.9 Å². The summed E-state index contributed by atoms with van der Waals surface area (Å²) in [5.74, 6) is 0.581. The quantitative estimate of drug-likeness (QED) is 0.666. The maximum atomic E-state index is 6.28. The monoisotopic (exact) mass is 340 g/mol. The second kappa shape index (κ2) is 6.77. The Bertz CT molecular complexity index is 692. The van der Waals surface area contributed by atoms with Crippen molar-refractivity contribution < 1.29 is 4.74 Å². The molecule has 3 rings (SSSR count). The topological polar surface area (TPSA) is 66.6 Å². The fourth-order valence-electron chi connectivity index (χ4n) is 2.63. The molecule has 1 aromatic heterocycles. The molecule has 0 aliphatic carbocycles. The number of guanidine groups is 1. The number of fused-ring (bicyclic) bond motifs is 1. The smallest absolute Gasteiger partial charge is 0.191 e. The molecule has 0 bridgehead atoms. The van der Waals surface area contributed by atoms with E-state index in [1.807, 2.05) is 17.2 Å². The predicted molar refractivity (Wildman–Crippen MR) is 90.9 cm³/mol. The number of aromatic nitrogens is 1. The van der Waals surface area contributed by atoms with Gasteiger partial charge in [-0.2, -0.15) is 0 Å². The lowest BCUT2D eigenvalue weighted by molar-refractivity contribution is 0.0674. The zero-order chi connectivity index (χ0) is 15.5. The van der Waals surface area contributed by atoms with Gasteiger partial charge in [0.15, 0.2) is 5.96 Å². The number of benzene rings is 1. The third-order valence-corrected chi connectivity index (χ3v) is 4.28. The van der Waals surface area contributed by atoms with E-state index in [-0.39, 0.29) is 0 Å². The third kappa shape index (κ3) is 3.32. The molecule has 1 saturated heterocycles. The van der Waals surface area contributed by atoms with Gasteiger partial charge in [-0.3, -0.25) is 4.99 Å². The van der Waals surface area contributed by atoms with Gasteiger partial charge in [-0.05, 0) is 24.1 Å². The van der Waals surface area contributed by atoms with Crippen molar-refractivity contribution in [3.05, 3.63) is 33.9 Å². The number of nitrogens with one attached hydrogen (secondary N) is 1. The fourth-order valence-corrected chi connectivity index (χ4v) is 3.25. The molecule has 0 unspecified atom stereocenters. The van der Waals surface area contributed by atoms with Crippen LogP contribution in [0.2, 0.25) is 10.0 Å². The molecule has 0 atom stereocenters. The maximum Gasteiger partial charge on any atom is 0.191 e. The van der Waals surface area contributed by atoms with E-state index in [1.165, 1.54) is 0 Å². The van der Waals surface area contributed by atoms with Crippen LogP contribution in [0.5, 0.6) is 0 Å². The number of nitrogens with zero attached hydrogens (tertiary/aromatic N) is 2. The Morgan fingerprint density at radius 2 is 2.09 bits per heavy atom. The second-order valence-corrected chi connectivity index (χ2v) is 6.06. The van der Waals surface area contributed by atoms with Crippen molar-refractivity contribution in [2.75, 3.05) is 32.8 Å². The average molecular weight is 341 g/mol. The van der Waals surface area contributed by atoms with Crippen LogP contribution >= 0.6 is 23.2 Å². The van der Waals surface area contributed by atoms with Crippen LogP contribution in [0.4, 0.5) is 0 Å². The zero-order valence-electron chi connectivity index (χ0n) is 12.1. The molecule has 1 aliphatic rings. The number of aromatic amines is 1. The molecule has 3 N–H and O–H groups in total. The SMILES string of the molecule is NC(=NCCc1c[nH]c2cc(Cl)cc(Cl)c12)N1CCOCC1. The van der Waals surface area contributed by atoms with Crippen molar-refractivity contribution in [1.82, 2.24) is 9.88 Å². The van der Waals surface area contributed by atoms with Crippen molar-refractivity contribution in [3.63, 3.8) is 0 Å². The Morgan fingerprint density at radius 3 is 2.86 bits per heavy atom. The minimum absolute atomic E-state index is 0.581. The number of H-pyrrole nitrogens is 1. The molecule has 1 fully saturated rings. The summed E-state index contributed by atoms with van der Waals surface area (Å²) in [7, 11) is 0. The summed E-state index contributed by atoms with van der Waals surface area (Å²) in [5.41, 5.74) is 8.08. The molecule has 5 nitrogen and oxygen atoms in total. The van der Waals surface area contributed by atoms with Gasteiger partial charge < -0.3 is 20.4 Å². The van der Waals surface area contributed by atoms with E-state index in [2.05, 4.69) is 9.98 Å². The summed E-state index contributed by atoms with van der Waals surface area (Å²) < 4.78 is 5.30. The van der Waals surface area contributed by atoms with E-state index in [0.29, 0.717) is 35.8 Å². The first-order chi connectivity index (χ1) is 10.6. The number of hydrogen-bond acceptors (Lipinski definition) is 2. The van der Waals surface area contributed by atoms with Gasteiger partial charge in [-0.15, -0.1) is 0 Å². The molecule has 0 radical (unpaired) electrons. The summed E-state index contributed by atoms with van der Waals surface area (Å²) >= 11 is 12.3. The van der Waals surface area contributed by atoms with Gasteiger partial charge in [0.1, 0.15) is 0 Å². The Morgan fingerprint density at radius 1 is 1.32 bits per heavy atom. The van der Waals surface area contributed by atoms with Crippen LogP contribution in [0.1, 0.15) is 5.56 Å². The fraction of sp³-hybridized carbons (Fsp3) is 0.400. The van der Waals surface area contributed by atoms with Gasteiger partial charge in [0.2, 0.25) is 0 Å². The number of ether oxygens (including phenoxy) is 1. The first-order valence-corrected chi connectivity index (χ1v) is 7.98. The molecule has 1 aromatic carbocycles. The molecule has 1 aliphatic heterocycles. The molecule has 2 heterocycles. The highest BCUT2D eigenvalue weighted by Gasteiger charge is 2.12. The van der Waals surface area contributed by atoms with Gasteiger partial charge in [-0.1, -0.05) is 23.2 Å². The first kappa shape index (κ1) is 15.5. The van der Waals surface area contributed by atoms with Crippen LogP contribution in [0.3, 0.4) is 0 Å². The molecule has 0 amide bonds. The Kier molecular flexibility index (Phi) is 4.76. The normalized spacial score (nSPS) is 16.5. The van der Waals surface area contributed by atoms with Crippen molar-refractivity contribution in [2.24, 2.45) is 10.7 Å². The lowest BCUT2D eigenvalue weighted by atomic mass is 10.1. The summed E-state index contributed by atoms with van der Waals surface area (Å²) in [6.07, 6.45) is 2.72. The van der Waals surface area contributed by atoms with E-state index in [9.17, 15) is 0 Å². The average Bonchev–Trinajstić information content (AvgIpc) is 2.91. The number of morpholine rings is 1. The number of rotatable bonds is 3.